The van der Waals surface area contributed by atoms with Gasteiger partial charge in [-0.1, -0.05) is 18.2 Å². The van der Waals surface area contributed by atoms with Crippen molar-refractivity contribution in [2.75, 3.05) is 26.8 Å². The second kappa shape index (κ2) is 10.4. The van der Waals surface area contributed by atoms with Gasteiger partial charge < -0.3 is 14.2 Å². The molecule has 32 heavy (non-hydrogen) atoms. The first-order valence-electron chi connectivity index (χ1n) is 11.6. The Labute approximate surface area is 191 Å². The predicted octanol–water partition coefficient (Wildman–Crippen LogP) is 4.01. The first-order valence-corrected chi connectivity index (χ1v) is 11.6. The van der Waals surface area contributed by atoms with Crippen molar-refractivity contribution in [3.63, 3.8) is 0 Å². The topological polar surface area (TPSA) is 51.2 Å². The number of carbonyl (C=O) groups is 1. The molecule has 2 aromatic rings. The molecule has 0 radical (unpaired) electrons. The van der Waals surface area contributed by atoms with Crippen LogP contribution >= 0.6 is 0 Å². The summed E-state index contributed by atoms with van der Waals surface area (Å²) in [6, 6.07) is 14.7. The van der Waals surface area contributed by atoms with Gasteiger partial charge in [0.15, 0.2) is 0 Å². The molecule has 172 valence electrons. The van der Waals surface area contributed by atoms with Crippen LogP contribution in [0.15, 0.2) is 42.5 Å². The SMILES string of the molecule is COC(=O)[C@@H]1CCCN1Cc1ccc2c(c1)CN(Cc1ccc(OC(C)C)cc1)CCO2. The lowest BCUT2D eigenvalue weighted by Gasteiger charge is -2.23. The Morgan fingerprint density at radius 1 is 1.09 bits per heavy atom. The smallest absolute Gasteiger partial charge is 0.323 e. The fourth-order valence-electron chi connectivity index (χ4n) is 4.59. The van der Waals surface area contributed by atoms with Crippen molar-refractivity contribution in [1.82, 2.24) is 9.80 Å². The first-order chi connectivity index (χ1) is 15.5. The molecule has 0 spiro atoms. The van der Waals surface area contributed by atoms with E-state index >= 15 is 0 Å². The van der Waals surface area contributed by atoms with Crippen LogP contribution < -0.4 is 9.47 Å². The third kappa shape index (κ3) is 5.61. The van der Waals surface area contributed by atoms with Gasteiger partial charge in [-0.2, -0.15) is 0 Å². The Kier molecular flexibility index (Phi) is 7.33. The molecule has 0 unspecified atom stereocenters. The van der Waals surface area contributed by atoms with Gasteiger partial charge in [-0.05, 0) is 68.6 Å². The Balaban J connectivity index is 1.42. The Bertz CT molecular complexity index is 913. The highest BCUT2D eigenvalue weighted by molar-refractivity contribution is 5.76. The molecular formula is C26H34N2O4. The zero-order chi connectivity index (χ0) is 22.5. The zero-order valence-electron chi connectivity index (χ0n) is 19.4. The monoisotopic (exact) mass is 438 g/mol. The third-order valence-corrected chi connectivity index (χ3v) is 6.11. The van der Waals surface area contributed by atoms with Crippen LogP contribution in [0.2, 0.25) is 0 Å². The number of benzene rings is 2. The second-order valence-corrected chi connectivity index (χ2v) is 8.96. The van der Waals surface area contributed by atoms with Gasteiger partial charge in [-0.15, -0.1) is 0 Å². The molecule has 6 heteroatoms. The molecule has 0 N–H and O–H groups in total. The van der Waals surface area contributed by atoms with Crippen molar-refractivity contribution in [3.05, 3.63) is 59.2 Å². The van der Waals surface area contributed by atoms with Crippen molar-refractivity contribution in [3.8, 4) is 11.5 Å². The summed E-state index contributed by atoms with van der Waals surface area (Å²) in [7, 11) is 1.47. The first kappa shape index (κ1) is 22.6. The van der Waals surface area contributed by atoms with Crippen LogP contribution in [0.3, 0.4) is 0 Å². The van der Waals surface area contributed by atoms with E-state index in [1.807, 2.05) is 26.0 Å². The quantitative estimate of drug-likeness (QED) is 0.609. The molecule has 1 atom stereocenters. The number of ether oxygens (including phenoxy) is 3. The second-order valence-electron chi connectivity index (χ2n) is 8.96. The largest absolute Gasteiger partial charge is 0.492 e. The third-order valence-electron chi connectivity index (χ3n) is 6.11. The average Bonchev–Trinajstić information content (AvgIpc) is 3.14. The van der Waals surface area contributed by atoms with Gasteiger partial charge in [-0.3, -0.25) is 14.6 Å². The molecule has 2 aromatic carbocycles. The molecule has 2 aliphatic rings. The number of hydrogen-bond donors (Lipinski definition) is 0. The van der Waals surface area contributed by atoms with Crippen LogP contribution in [-0.2, 0) is 29.2 Å². The lowest BCUT2D eigenvalue weighted by atomic mass is 10.1. The Hall–Kier alpha value is -2.57. The standard InChI is InChI=1S/C26H34N2O4/c1-19(2)32-23-9-6-20(7-10-23)16-27-13-14-31-25-11-8-21(15-22(25)18-27)17-28-12-4-5-24(28)26(29)30-3/h6-11,15,19,24H,4-5,12-14,16-18H2,1-3H3/t24-/m0/s1. The van der Waals surface area contributed by atoms with Gasteiger partial charge in [0.2, 0.25) is 0 Å². The van der Waals surface area contributed by atoms with Gasteiger partial charge in [0, 0.05) is 31.7 Å². The van der Waals surface area contributed by atoms with Gasteiger partial charge >= 0.3 is 5.97 Å². The van der Waals surface area contributed by atoms with E-state index in [0.29, 0.717) is 6.61 Å². The number of fused-ring (bicyclic) bond motifs is 1. The van der Waals surface area contributed by atoms with E-state index in [1.54, 1.807) is 0 Å². The van der Waals surface area contributed by atoms with E-state index in [0.717, 1.165) is 57.1 Å². The number of nitrogens with zero attached hydrogens (tertiary/aromatic N) is 2. The van der Waals surface area contributed by atoms with Crippen LogP contribution in [0.25, 0.3) is 0 Å². The van der Waals surface area contributed by atoms with Crippen molar-refractivity contribution < 1.29 is 19.0 Å². The molecule has 2 aliphatic heterocycles. The van der Waals surface area contributed by atoms with E-state index < -0.39 is 0 Å². The summed E-state index contributed by atoms with van der Waals surface area (Å²) < 4.78 is 16.8. The summed E-state index contributed by atoms with van der Waals surface area (Å²) in [5, 5.41) is 0. The summed E-state index contributed by atoms with van der Waals surface area (Å²) in [4.78, 5) is 16.7. The number of methoxy groups -OCH3 is 1. The number of likely N-dealkylation sites (tertiary alicyclic amines) is 1. The van der Waals surface area contributed by atoms with Crippen LogP contribution in [0.4, 0.5) is 0 Å². The number of rotatable bonds is 7. The average molecular weight is 439 g/mol. The minimum Gasteiger partial charge on any atom is -0.492 e. The molecule has 0 aromatic heterocycles. The maximum absolute atomic E-state index is 12.1. The van der Waals surface area contributed by atoms with Crippen molar-refractivity contribution in [2.24, 2.45) is 0 Å². The van der Waals surface area contributed by atoms with Crippen molar-refractivity contribution in [2.45, 2.75) is 58.5 Å². The van der Waals surface area contributed by atoms with Gasteiger partial charge in [0.25, 0.3) is 0 Å². The summed E-state index contributed by atoms with van der Waals surface area (Å²) in [6.45, 7) is 9.02. The fourth-order valence-corrected chi connectivity index (χ4v) is 4.59. The Morgan fingerprint density at radius 3 is 2.62 bits per heavy atom. The highest BCUT2D eigenvalue weighted by Crippen LogP contribution is 2.28. The predicted molar refractivity (Wildman–Crippen MR) is 124 cm³/mol. The van der Waals surface area contributed by atoms with Crippen LogP contribution in [0.5, 0.6) is 11.5 Å². The van der Waals surface area contributed by atoms with Crippen LogP contribution in [-0.4, -0.2) is 54.7 Å². The fraction of sp³-hybridized carbons (Fsp3) is 0.500. The van der Waals surface area contributed by atoms with E-state index in [9.17, 15) is 4.79 Å². The van der Waals surface area contributed by atoms with E-state index in [2.05, 4.69) is 40.1 Å². The minimum absolute atomic E-state index is 0.128. The molecule has 0 amide bonds. The molecule has 0 saturated carbocycles. The Morgan fingerprint density at radius 2 is 1.88 bits per heavy atom. The summed E-state index contributed by atoms with van der Waals surface area (Å²) >= 11 is 0. The molecule has 2 heterocycles. The normalized spacial score (nSPS) is 19.3. The maximum atomic E-state index is 12.1. The molecular weight excluding hydrogens is 404 g/mol. The summed E-state index contributed by atoms with van der Waals surface area (Å²) in [5.41, 5.74) is 3.67. The van der Waals surface area contributed by atoms with E-state index in [4.69, 9.17) is 14.2 Å². The lowest BCUT2D eigenvalue weighted by molar-refractivity contribution is -0.146. The van der Waals surface area contributed by atoms with Crippen LogP contribution in [0, 0.1) is 0 Å². The molecule has 4 rings (SSSR count). The van der Waals surface area contributed by atoms with Crippen molar-refractivity contribution in [1.29, 1.82) is 0 Å². The van der Waals surface area contributed by atoms with Gasteiger partial charge in [-0.25, -0.2) is 0 Å². The molecule has 0 bridgehead atoms. The van der Waals surface area contributed by atoms with E-state index in [1.165, 1.54) is 23.8 Å². The number of esters is 1. The molecule has 1 saturated heterocycles. The summed E-state index contributed by atoms with van der Waals surface area (Å²) in [5.74, 6) is 1.74. The van der Waals surface area contributed by atoms with Crippen molar-refractivity contribution >= 4 is 5.97 Å². The minimum atomic E-state index is -0.130. The van der Waals surface area contributed by atoms with Gasteiger partial charge in [0.1, 0.15) is 24.1 Å². The number of carbonyl (C=O) groups excluding carboxylic acids is 1. The van der Waals surface area contributed by atoms with Crippen LogP contribution in [0.1, 0.15) is 43.4 Å². The highest BCUT2D eigenvalue weighted by Gasteiger charge is 2.31. The zero-order valence-corrected chi connectivity index (χ0v) is 19.4. The number of hydrogen-bond acceptors (Lipinski definition) is 6. The molecule has 0 aliphatic carbocycles. The lowest BCUT2D eigenvalue weighted by Crippen LogP contribution is -2.36. The molecule has 1 fully saturated rings. The maximum Gasteiger partial charge on any atom is 0.323 e. The molecule has 6 nitrogen and oxygen atoms in total. The van der Waals surface area contributed by atoms with Gasteiger partial charge in [0.05, 0.1) is 13.2 Å². The highest BCUT2D eigenvalue weighted by atomic mass is 16.5. The summed E-state index contributed by atoms with van der Waals surface area (Å²) in [6.07, 6.45) is 2.08. The van der Waals surface area contributed by atoms with E-state index in [-0.39, 0.29) is 18.1 Å².